The Hall–Kier alpha value is -0.700. The van der Waals surface area contributed by atoms with Crippen LogP contribution in [0.4, 0.5) is 0 Å². The largest absolute Gasteiger partial charge is 0.373 e. The van der Waals surface area contributed by atoms with Crippen LogP contribution in [0.2, 0.25) is 0 Å². The lowest BCUT2D eigenvalue weighted by atomic mass is 10.2. The standard InChI is InChI=1S/C12H25N3O4S/c1-10-8-15(9-11(2)19-10)7-6-13-12(16)4-5-14-20(3,17)18/h10-11,14H,4-9H2,1-3H3,(H,13,16)/t10-,11+. The quantitative estimate of drug-likeness (QED) is 0.640. The number of carbonyl (C=O) groups excluding carboxylic acids is 1. The molecule has 20 heavy (non-hydrogen) atoms. The third kappa shape index (κ3) is 7.78. The maximum Gasteiger partial charge on any atom is 0.221 e. The number of sulfonamides is 1. The van der Waals surface area contributed by atoms with E-state index in [9.17, 15) is 13.2 Å². The lowest BCUT2D eigenvalue weighted by Gasteiger charge is -2.35. The second-order valence-corrected chi connectivity index (χ2v) is 7.12. The first-order chi connectivity index (χ1) is 9.26. The highest BCUT2D eigenvalue weighted by Crippen LogP contribution is 2.09. The third-order valence-corrected chi connectivity index (χ3v) is 3.69. The van der Waals surface area contributed by atoms with E-state index in [4.69, 9.17) is 4.74 Å². The number of amides is 1. The molecule has 1 heterocycles. The normalized spacial score (nSPS) is 24.6. The van der Waals surface area contributed by atoms with E-state index in [0.29, 0.717) is 6.54 Å². The van der Waals surface area contributed by atoms with Crippen LogP contribution in [0, 0.1) is 0 Å². The monoisotopic (exact) mass is 307 g/mol. The van der Waals surface area contributed by atoms with Gasteiger partial charge in [0, 0.05) is 39.1 Å². The molecule has 2 N–H and O–H groups in total. The first-order valence-electron chi connectivity index (χ1n) is 6.85. The fourth-order valence-electron chi connectivity index (χ4n) is 2.26. The van der Waals surface area contributed by atoms with Crippen molar-refractivity contribution < 1.29 is 17.9 Å². The first-order valence-corrected chi connectivity index (χ1v) is 8.74. The Balaban J connectivity index is 2.12. The molecule has 0 aromatic rings. The van der Waals surface area contributed by atoms with Gasteiger partial charge in [-0.3, -0.25) is 9.69 Å². The van der Waals surface area contributed by atoms with Crippen LogP contribution in [0.15, 0.2) is 0 Å². The maximum atomic E-state index is 11.5. The number of morpholine rings is 1. The molecule has 1 rings (SSSR count). The number of ether oxygens (including phenoxy) is 1. The van der Waals surface area contributed by atoms with Crippen LogP contribution in [0.25, 0.3) is 0 Å². The van der Waals surface area contributed by atoms with E-state index in [2.05, 4.69) is 14.9 Å². The summed E-state index contributed by atoms with van der Waals surface area (Å²) in [4.78, 5) is 13.8. The molecule has 0 radical (unpaired) electrons. The average Bonchev–Trinajstić information content (AvgIpc) is 2.25. The molecule has 0 saturated carbocycles. The van der Waals surface area contributed by atoms with Crippen LogP contribution in [0.3, 0.4) is 0 Å². The Kier molecular flexibility index (Phi) is 6.87. The van der Waals surface area contributed by atoms with Crippen LogP contribution in [0.1, 0.15) is 20.3 Å². The minimum atomic E-state index is -3.22. The molecule has 0 bridgehead atoms. The van der Waals surface area contributed by atoms with Crippen molar-refractivity contribution in [1.29, 1.82) is 0 Å². The predicted molar refractivity (Wildman–Crippen MR) is 76.9 cm³/mol. The molecular weight excluding hydrogens is 282 g/mol. The highest BCUT2D eigenvalue weighted by molar-refractivity contribution is 7.88. The Morgan fingerprint density at radius 2 is 1.85 bits per heavy atom. The van der Waals surface area contributed by atoms with Gasteiger partial charge in [0.2, 0.25) is 15.9 Å². The molecule has 1 aliphatic heterocycles. The van der Waals surface area contributed by atoms with Crippen LogP contribution < -0.4 is 10.0 Å². The van der Waals surface area contributed by atoms with Gasteiger partial charge in [-0.15, -0.1) is 0 Å². The minimum absolute atomic E-state index is 0.135. The number of nitrogens with one attached hydrogen (secondary N) is 2. The van der Waals surface area contributed by atoms with E-state index in [1.807, 2.05) is 13.8 Å². The number of hydrogen-bond acceptors (Lipinski definition) is 5. The van der Waals surface area contributed by atoms with Crippen molar-refractivity contribution in [3.05, 3.63) is 0 Å². The van der Waals surface area contributed by atoms with Crippen molar-refractivity contribution in [3.63, 3.8) is 0 Å². The fraction of sp³-hybridized carbons (Fsp3) is 0.917. The molecule has 1 amide bonds. The zero-order valence-corrected chi connectivity index (χ0v) is 13.2. The lowest BCUT2D eigenvalue weighted by molar-refractivity contribution is -0.121. The third-order valence-electron chi connectivity index (χ3n) is 2.96. The first kappa shape index (κ1) is 17.4. The molecular formula is C12H25N3O4S. The van der Waals surface area contributed by atoms with E-state index in [1.54, 1.807) is 0 Å². The molecule has 8 heteroatoms. The topological polar surface area (TPSA) is 87.7 Å². The van der Waals surface area contributed by atoms with Gasteiger partial charge < -0.3 is 10.1 Å². The summed E-state index contributed by atoms with van der Waals surface area (Å²) in [5, 5.41) is 2.79. The van der Waals surface area contributed by atoms with Gasteiger partial charge in [0.25, 0.3) is 0 Å². The minimum Gasteiger partial charge on any atom is -0.373 e. The van der Waals surface area contributed by atoms with Gasteiger partial charge in [-0.2, -0.15) is 0 Å². The van der Waals surface area contributed by atoms with E-state index in [-0.39, 0.29) is 31.1 Å². The number of rotatable bonds is 7. The van der Waals surface area contributed by atoms with Crippen molar-refractivity contribution in [3.8, 4) is 0 Å². The Morgan fingerprint density at radius 3 is 2.40 bits per heavy atom. The summed E-state index contributed by atoms with van der Waals surface area (Å²) in [6.45, 7) is 7.30. The zero-order valence-electron chi connectivity index (χ0n) is 12.4. The highest BCUT2D eigenvalue weighted by Gasteiger charge is 2.21. The molecule has 1 aliphatic rings. The second-order valence-electron chi connectivity index (χ2n) is 5.28. The predicted octanol–water partition coefficient (Wildman–Crippen LogP) is -0.849. The maximum absolute atomic E-state index is 11.5. The average molecular weight is 307 g/mol. The molecule has 0 unspecified atom stereocenters. The van der Waals surface area contributed by atoms with Crippen molar-refractivity contribution in [1.82, 2.24) is 14.9 Å². The van der Waals surface area contributed by atoms with Crippen LogP contribution in [-0.4, -0.2) is 70.4 Å². The van der Waals surface area contributed by atoms with Crippen molar-refractivity contribution >= 4 is 15.9 Å². The Morgan fingerprint density at radius 1 is 1.25 bits per heavy atom. The van der Waals surface area contributed by atoms with Crippen LogP contribution in [-0.2, 0) is 19.6 Å². The van der Waals surface area contributed by atoms with Gasteiger partial charge in [0.1, 0.15) is 0 Å². The van der Waals surface area contributed by atoms with E-state index in [1.165, 1.54) is 0 Å². The Labute approximate surface area is 121 Å². The SMILES string of the molecule is C[C@@H]1CN(CCNC(=O)CCNS(C)(=O)=O)C[C@H](C)O1. The number of carbonyl (C=O) groups is 1. The van der Waals surface area contributed by atoms with Crippen molar-refractivity contribution in [2.45, 2.75) is 32.5 Å². The highest BCUT2D eigenvalue weighted by atomic mass is 32.2. The molecule has 0 spiro atoms. The molecule has 0 aromatic carbocycles. The Bertz CT molecular complexity index is 403. The fourth-order valence-corrected chi connectivity index (χ4v) is 2.73. The second kappa shape index (κ2) is 7.92. The molecule has 0 aliphatic carbocycles. The number of hydrogen-bond donors (Lipinski definition) is 2. The van der Waals surface area contributed by atoms with Gasteiger partial charge in [0.05, 0.1) is 18.5 Å². The molecule has 2 atom stereocenters. The van der Waals surface area contributed by atoms with Gasteiger partial charge in [-0.25, -0.2) is 13.1 Å². The zero-order chi connectivity index (χ0) is 15.2. The van der Waals surface area contributed by atoms with Crippen LogP contribution >= 0.6 is 0 Å². The summed E-state index contributed by atoms with van der Waals surface area (Å²) in [5.74, 6) is -0.143. The summed E-state index contributed by atoms with van der Waals surface area (Å²) in [5.41, 5.74) is 0. The van der Waals surface area contributed by atoms with Crippen molar-refractivity contribution in [2.75, 3.05) is 39.0 Å². The van der Waals surface area contributed by atoms with Crippen molar-refractivity contribution in [2.24, 2.45) is 0 Å². The van der Waals surface area contributed by atoms with Gasteiger partial charge >= 0.3 is 0 Å². The van der Waals surface area contributed by atoms with Gasteiger partial charge in [-0.1, -0.05) is 0 Å². The summed E-state index contributed by atoms with van der Waals surface area (Å²) >= 11 is 0. The van der Waals surface area contributed by atoms with Gasteiger partial charge in [0.15, 0.2) is 0 Å². The molecule has 1 saturated heterocycles. The lowest BCUT2D eigenvalue weighted by Crippen LogP contribution is -2.48. The van der Waals surface area contributed by atoms with Crippen LogP contribution in [0.5, 0.6) is 0 Å². The molecule has 118 valence electrons. The van der Waals surface area contributed by atoms with E-state index < -0.39 is 10.0 Å². The summed E-state index contributed by atoms with van der Waals surface area (Å²) in [6, 6.07) is 0. The van der Waals surface area contributed by atoms with Gasteiger partial charge in [-0.05, 0) is 13.8 Å². The number of nitrogens with zero attached hydrogens (tertiary/aromatic N) is 1. The van der Waals surface area contributed by atoms with E-state index in [0.717, 1.165) is 25.9 Å². The molecule has 0 aromatic heterocycles. The summed E-state index contributed by atoms with van der Waals surface area (Å²) in [6.07, 6.45) is 1.66. The summed E-state index contributed by atoms with van der Waals surface area (Å²) < 4.78 is 29.6. The van der Waals surface area contributed by atoms with E-state index >= 15 is 0 Å². The molecule has 1 fully saturated rings. The summed E-state index contributed by atoms with van der Waals surface area (Å²) in [7, 11) is -3.22. The smallest absolute Gasteiger partial charge is 0.221 e. The molecule has 7 nitrogen and oxygen atoms in total.